The first kappa shape index (κ1) is 18.6. The van der Waals surface area contributed by atoms with E-state index in [1.54, 1.807) is 35.7 Å². The van der Waals surface area contributed by atoms with Crippen LogP contribution < -0.4 is 0 Å². The molecule has 1 aliphatic rings. The number of thiophene rings is 1. The maximum Gasteiger partial charge on any atom is 0.315 e. The molecule has 1 aromatic carbocycles. The second kappa shape index (κ2) is 7.99. The van der Waals surface area contributed by atoms with Crippen molar-refractivity contribution in [2.75, 3.05) is 0 Å². The molecule has 0 N–H and O–H groups in total. The maximum absolute atomic E-state index is 12.7. The Morgan fingerprint density at radius 2 is 1.89 bits per heavy atom. The lowest BCUT2D eigenvalue weighted by Gasteiger charge is -2.08. The molecule has 1 aromatic heterocycles. The zero-order chi connectivity index (χ0) is 19.4. The number of aryl methyl sites for hydroxylation is 1. The van der Waals surface area contributed by atoms with Gasteiger partial charge in [-0.05, 0) is 29.9 Å². The van der Waals surface area contributed by atoms with Crippen LogP contribution in [-0.2, 0) is 16.0 Å². The van der Waals surface area contributed by atoms with E-state index < -0.39 is 17.8 Å². The molecule has 6 heteroatoms. The highest BCUT2D eigenvalue weighted by Gasteiger charge is 2.50. The number of carbonyl (C=O) groups excluding carboxylic acids is 2. The van der Waals surface area contributed by atoms with Gasteiger partial charge in [0.2, 0.25) is 0 Å². The van der Waals surface area contributed by atoms with Gasteiger partial charge in [0, 0.05) is 11.5 Å². The molecule has 0 bridgehead atoms. The molecule has 1 saturated carbocycles. The number of carbonyl (C=O) groups is 2. The molecule has 1 heterocycles. The molecule has 1 fully saturated rings. The summed E-state index contributed by atoms with van der Waals surface area (Å²) in [7, 11) is 0. The van der Waals surface area contributed by atoms with E-state index in [0.717, 1.165) is 12.0 Å². The predicted molar refractivity (Wildman–Crippen MR) is 100 cm³/mol. The Hall–Kier alpha value is -3.22. The van der Waals surface area contributed by atoms with Crippen LogP contribution in [0.15, 0.2) is 47.4 Å². The smallest absolute Gasteiger partial charge is 0.315 e. The van der Waals surface area contributed by atoms with Crippen molar-refractivity contribution >= 4 is 28.8 Å². The lowest BCUT2D eigenvalue weighted by atomic mass is 9.98. The standard InChI is InChI=1S/C21H16N2O3S/c1-2-13-6-3-4-7-15(13)19(24)16-10-17(16)21(25)26-20(14(11-22)12-23)18-8-5-9-27-18/h3-9,16-17H,2,10H2,1H3/t16-,17-/m1/s1. The first-order valence-corrected chi connectivity index (χ1v) is 9.40. The average molecular weight is 376 g/mol. The number of ketones is 1. The van der Waals surface area contributed by atoms with Crippen LogP contribution in [0.25, 0.3) is 5.76 Å². The van der Waals surface area contributed by atoms with Gasteiger partial charge in [-0.3, -0.25) is 9.59 Å². The molecule has 134 valence electrons. The van der Waals surface area contributed by atoms with E-state index in [4.69, 9.17) is 15.3 Å². The summed E-state index contributed by atoms with van der Waals surface area (Å²) in [5, 5.41) is 20.0. The van der Waals surface area contributed by atoms with Crippen molar-refractivity contribution in [2.45, 2.75) is 19.8 Å². The summed E-state index contributed by atoms with van der Waals surface area (Å²) in [4.78, 5) is 25.8. The summed E-state index contributed by atoms with van der Waals surface area (Å²) >= 11 is 1.27. The van der Waals surface area contributed by atoms with E-state index in [1.165, 1.54) is 11.3 Å². The summed E-state index contributed by atoms with van der Waals surface area (Å²) in [5.74, 6) is -1.63. The van der Waals surface area contributed by atoms with E-state index in [0.29, 0.717) is 16.9 Å². The van der Waals surface area contributed by atoms with E-state index in [-0.39, 0.29) is 17.1 Å². The molecule has 2 aromatic rings. The van der Waals surface area contributed by atoms with Crippen molar-refractivity contribution in [3.8, 4) is 12.1 Å². The van der Waals surface area contributed by atoms with Gasteiger partial charge in [0.15, 0.2) is 17.1 Å². The Kier molecular flexibility index (Phi) is 5.49. The second-order valence-electron chi connectivity index (χ2n) is 6.15. The maximum atomic E-state index is 12.7. The van der Waals surface area contributed by atoms with Crippen LogP contribution >= 0.6 is 11.3 Å². The molecule has 0 saturated heterocycles. The van der Waals surface area contributed by atoms with Crippen molar-refractivity contribution < 1.29 is 14.3 Å². The normalized spacial score (nSPS) is 17.3. The minimum Gasteiger partial charge on any atom is -0.423 e. The van der Waals surface area contributed by atoms with Crippen molar-refractivity contribution in [3.05, 3.63) is 63.4 Å². The van der Waals surface area contributed by atoms with Crippen molar-refractivity contribution in [3.63, 3.8) is 0 Å². The third-order valence-corrected chi connectivity index (χ3v) is 5.36. The summed E-state index contributed by atoms with van der Waals surface area (Å²) in [6.07, 6.45) is 1.16. The van der Waals surface area contributed by atoms with Crippen LogP contribution in [0.2, 0.25) is 0 Å². The molecule has 5 nitrogen and oxygen atoms in total. The molecule has 27 heavy (non-hydrogen) atoms. The number of nitriles is 2. The molecule has 1 aliphatic carbocycles. The summed E-state index contributed by atoms with van der Waals surface area (Å²) in [6.45, 7) is 1.98. The first-order chi connectivity index (χ1) is 13.1. The van der Waals surface area contributed by atoms with Gasteiger partial charge >= 0.3 is 5.97 Å². The molecule has 3 rings (SSSR count). The lowest BCUT2D eigenvalue weighted by Crippen LogP contribution is -2.13. The minimum atomic E-state index is -0.575. The Bertz CT molecular complexity index is 977. The lowest BCUT2D eigenvalue weighted by molar-refractivity contribution is -0.138. The molecule has 0 radical (unpaired) electrons. The summed E-state index contributed by atoms with van der Waals surface area (Å²) in [5.41, 5.74) is 1.34. The third-order valence-electron chi connectivity index (χ3n) is 4.49. The fourth-order valence-electron chi connectivity index (χ4n) is 2.95. The minimum absolute atomic E-state index is 0.0351. The molecule has 0 unspecified atom stereocenters. The van der Waals surface area contributed by atoms with Gasteiger partial charge in [-0.2, -0.15) is 10.5 Å². The molecule has 0 aliphatic heterocycles. The number of hydrogen-bond acceptors (Lipinski definition) is 6. The van der Waals surface area contributed by atoms with Gasteiger partial charge in [0.05, 0.1) is 10.8 Å². The summed E-state index contributed by atoms with van der Waals surface area (Å²) < 4.78 is 5.39. The second-order valence-corrected chi connectivity index (χ2v) is 7.10. The number of esters is 1. The number of Topliss-reactive ketones (excluding diaryl/α,β-unsaturated/α-hetero) is 1. The number of ether oxygens (including phenoxy) is 1. The van der Waals surface area contributed by atoms with E-state index >= 15 is 0 Å². The van der Waals surface area contributed by atoms with Crippen LogP contribution in [0.4, 0.5) is 0 Å². The highest BCUT2D eigenvalue weighted by molar-refractivity contribution is 7.11. The van der Waals surface area contributed by atoms with Crippen LogP contribution in [0.5, 0.6) is 0 Å². The zero-order valence-electron chi connectivity index (χ0n) is 14.6. The van der Waals surface area contributed by atoms with Gasteiger partial charge < -0.3 is 4.74 Å². The fraction of sp³-hybridized carbons (Fsp3) is 0.238. The Morgan fingerprint density at radius 1 is 1.15 bits per heavy atom. The first-order valence-electron chi connectivity index (χ1n) is 8.52. The van der Waals surface area contributed by atoms with Gasteiger partial charge in [0.1, 0.15) is 12.1 Å². The topological polar surface area (TPSA) is 90.9 Å². The van der Waals surface area contributed by atoms with Crippen LogP contribution in [0, 0.1) is 34.5 Å². The number of nitrogens with zero attached hydrogens (tertiary/aromatic N) is 2. The quantitative estimate of drug-likeness (QED) is 0.327. The fourth-order valence-corrected chi connectivity index (χ4v) is 3.66. The average Bonchev–Trinajstić information content (AvgIpc) is 3.32. The van der Waals surface area contributed by atoms with Crippen molar-refractivity contribution in [1.29, 1.82) is 10.5 Å². The Morgan fingerprint density at radius 3 is 2.52 bits per heavy atom. The monoisotopic (exact) mass is 376 g/mol. The SMILES string of the molecule is CCc1ccccc1C(=O)[C@@H]1C[C@H]1C(=O)OC(=C(C#N)C#N)c1cccs1. The highest BCUT2D eigenvalue weighted by atomic mass is 32.1. The van der Waals surface area contributed by atoms with Gasteiger partial charge in [-0.15, -0.1) is 11.3 Å². The number of benzene rings is 1. The highest BCUT2D eigenvalue weighted by Crippen LogP contribution is 2.43. The molecule has 2 atom stereocenters. The Balaban J connectivity index is 1.76. The number of hydrogen-bond donors (Lipinski definition) is 0. The van der Waals surface area contributed by atoms with E-state index in [2.05, 4.69) is 0 Å². The number of allylic oxidation sites excluding steroid dienone is 1. The van der Waals surface area contributed by atoms with Crippen LogP contribution in [0.3, 0.4) is 0 Å². The molecular weight excluding hydrogens is 360 g/mol. The van der Waals surface area contributed by atoms with Gasteiger partial charge in [0.25, 0.3) is 0 Å². The van der Waals surface area contributed by atoms with Crippen molar-refractivity contribution in [1.82, 2.24) is 0 Å². The zero-order valence-corrected chi connectivity index (χ0v) is 15.5. The van der Waals surface area contributed by atoms with Crippen molar-refractivity contribution in [2.24, 2.45) is 11.8 Å². The Labute approximate surface area is 161 Å². The molecule has 0 spiro atoms. The van der Waals surface area contributed by atoms with E-state index in [9.17, 15) is 9.59 Å². The molecule has 0 amide bonds. The molecular formula is C21H16N2O3S. The van der Waals surface area contributed by atoms with Gasteiger partial charge in [-0.1, -0.05) is 37.3 Å². The van der Waals surface area contributed by atoms with Crippen LogP contribution in [-0.4, -0.2) is 11.8 Å². The summed E-state index contributed by atoms with van der Waals surface area (Å²) in [6, 6.07) is 14.3. The number of rotatable bonds is 6. The third kappa shape index (κ3) is 3.81. The van der Waals surface area contributed by atoms with Gasteiger partial charge in [-0.25, -0.2) is 0 Å². The largest absolute Gasteiger partial charge is 0.423 e. The van der Waals surface area contributed by atoms with E-state index in [1.807, 2.05) is 25.1 Å². The predicted octanol–water partition coefficient (Wildman–Crippen LogP) is 4.13. The van der Waals surface area contributed by atoms with Crippen LogP contribution in [0.1, 0.15) is 34.1 Å².